The van der Waals surface area contributed by atoms with Gasteiger partial charge in [0.05, 0.1) is 5.69 Å². The van der Waals surface area contributed by atoms with Gasteiger partial charge in [0, 0.05) is 18.0 Å². The molecule has 0 spiro atoms. The van der Waals surface area contributed by atoms with E-state index in [1.807, 2.05) is 11.8 Å². The van der Waals surface area contributed by atoms with Crippen molar-refractivity contribution in [3.63, 3.8) is 0 Å². The quantitative estimate of drug-likeness (QED) is 0.818. The van der Waals surface area contributed by atoms with Gasteiger partial charge >= 0.3 is 5.97 Å². The van der Waals surface area contributed by atoms with E-state index < -0.39 is 11.2 Å². The molecule has 2 rings (SSSR count). The van der Waals surface area contributed by atoms with Gasteiger partial charge in [-0.2, -0.15) is 0 Å². The number of fused-ring (bicyclic) bond motifs is 1. The maximum absolute atomic E-state index is 13.1. The Morgan fingerprint density at radius 1 is 1.56 bits per heavy atom. The molecular formula is C11H12FNO2S. The van der Waals surface area contributed by atoms with Gasteiger partial charge in [0.15, 0.2) is 0 Å². The summed E-state index contributed by atoms with van der Waals surface area (Å²) >= 11 is 1.28. The van der Waals surface area contributed by atoms with Gasteiger partial charge in [-0.25, -0.2) is 4.39 Å². The summed E-state index contributed by atoms with van der Waals surface area (Å²) in [6.45, 7) is 1.83. The lowest BCUT2D eigenvalue weighted by molar-refractivity contribution is -0.136. The first kappa shape index (κ1) is 11.3. The second-order valence-corrected chi connectivity index (χ2v) is 5.02. The molecule has 1 aromatic rings. The smallest absolute Gasteiger partial charge is 0.319 e. The number of carbonyl (C=O) groups is 1. The fraction of sp³-hybridized carbons (Fsp3) is 0.364. The molecule has 2 atom stereocenters. The number of carboxylic acids is 1. The highest BCUT2D eigenvalue weighted by molar-refractivity contribution is 8.00. The zero-order valence-corrected chi connectivity index (χ0v) is 9.79. The number of benzene rings is 1. The van der Waals surface area contributed by atoms with Crippen LogP contribution < -0.4 is 4.90 Å². The van der Waals surface area contributed by atoms with Gasteiger partial charge in [0.1, 0.15) is 11.1 Å². The molecule has 0 saturated carbocycles. The third kappa shape index (κ3) is 1.75. The van der Waals surface area contributed by atoms with Crippen molar-refractivity contribution in [3.05, 3.63) is 24.0 Å². The molecule has 1 heterocycles. The van der Waals surface area contributed by atoms with Crippen molar-refractivity contribution in [1.82, 2.24) is 0 Å². The van der Waals surface area contributed by atoms with Gasteiger partial charge in [0.25, 0.3) is 0 Å². The van der Waals surface area contributed by atoms with Crippen LogP contribution in [0.25, 0.3) is 0 Å². The summed E-state index contributed by atoms with van der Waals surface area (Å²) in [4.78, 5) is 13.7. The second-order valence-electron chi connectivity index (χ2n) is 3.84. The number of halogens is 1. The average Bonchev–Trinajstić information content (AvgIpc) is 2.23. The molecular weight excluding hydrogens is 229 g/mol. The Labute approximate surface area is 97.3 Å². The highest BCUT2D eigenvalue weighted by Gasteiger charge is 2.34. The fourth-order valence-electron chi connectivity index (χ4n) is 1.78. The fourth-order valence-corrected chi connectivity index (χ4v) is 3.00. The lowest BCUT2D eigenvalue weighted by atomic mass is 10.1. The Kier molecular flexibility index (Phi) is 2.80. The van der Waals surface area contributed by atoms with Gasteiger partial charge < -0.3 is 10.0 Å². The summed E-state index contributed by atoms with van der Waals surface area (Å²) in [5.74, 6) is -1.13. The van der Waals surface area contributed by atoms with Crippen molar-refractivity contribution < 1.29 is 14.3 Å². The molecule has 0 amide bonds. The monoisotopic (exact) mass is 241 g/mol. The lowest BCUT2D eigenvalue weighted by Gasteiger charge is -2.37. The van der Waals surface area contributed by atoms with Crippen LogP contribution in [0.4, 0.5) is 10.1 Å². The van der Waals surface area contributed by atoms with Crippen molar-refractivity contribution in [2.75, 3.05) is 11.9 Å². The molecule has 0 aliphatic carbocycles. The van der Waals surface area contributed by atoms with E-state index in [0.717, 1.165) is 10.6 Å². The van der Waals surface area contributed by atoms with Crippen LogP contribution in [0, 0.1) is 5.82 Å². The molecule has 2 unspecified atom stereocenters. The molecule has 86 valence electrons. The number of hydrogen-bond acceptors (Lipinski definition) is 3. The Morgan fingerprint density at radius 2 is 2.25 bits per heavy atom. The summed E-state index contributed by atoms with van der Waals surface area (Å²) in [6.07, 6.45) is 0. The largest absolute Gasteiger partial charge is 0.480 e. The lowest BCUT2D eigenvalue weighted by Crippen LogP contribution is -2.44. The third-order valence-electron chi connectivity index (χ3n) is 2.85. The molecule has 0 aromatic heterocycles. The Hall–Kier alpha value is -1.23. The average molecular weight is 241 g/mol. The van der Waals surface area contributed by atoms with Gasteiger partial charge in [-0.3, -0.25) is 4.79 Å². The maximum Gasteiger partial charge on any atom is 0.319 e. The van der Waals surface area contributed by atoms with Crippen LogP contribution in [-0.2, 0) is 4.79 Å². The van der Waals surface area contributed by atoms with E-state index in [4.69, 9.17) is 5.11 Å². The number of hydrogen-bond donors (Lipinski definition) is 1. The van der Waals surface area contributed by atoms with Crippen LogP contribution in [0.2, 0.25) is 0 Å². The first-order valence-electron chi connectivity index (χ1n) is 4.92. The third-order valence-corrected chi connectivity index (χ3v) is 4.30. The molecule has 0 bridgehead atoms. The van der Waals surface area contributed by atoms with Crippen molar-refractivity contribution in [1.29, 1.82) is 0 Å². The molecule has 1 N–H and O–H groups in total. The van der Waals surface area contributed by atoms with Crippen molar-refractivity contribution in [3.8, 4) is 0 Å². The highest BCUT2D eigenvalue weighted by atomic mass is 32.2. The van der Waals surface area contributed by atoms with Crippen LogP contribution in [0.5, 0.6) is 0 Å². The standard InChI is InChI=1S/C11H12FNO2S/c1-6-10(11(14)15)16-9-4-3-7(12)5-8(9)13(6)2/h3-6,10H,1-2H3,(H,14,15). The van der Waals surface area contributed by atoms with E-state index in [1.165, 1.54) is 23.9 Å². The van der Waals surface area contributed by atoms with E-state index in [1.54, 1.807) is 13.1 Å². The number of nitrogens with zero attached hydrogens (tertiary/aromatic N) is 1. The van der Waals surface area contributed by atoms with E-state index in [-0.39, 0.29) is 11.9 Å². The summed E-state index contributed by atoms with van der Waals surface area (Å²) in [7, 11) is 1.79. The molecule has 0 fully saturated rings. The Bertz CT molecular complexity index is 438. The minimum Gasteiger partial charge on any atom is -0.480 e. The first-order valence-corrected chi connectivity index (χ1v) is 5.80. The van der Waals surface area contributed by atoms with E-state index in [2.05, 4.69) is 0 Å². The van der Waals surface area contributed by atoms with Crippen LogP contribution in [0.15, 0.2) is 23.1 Å². The van der Waals surface area contributed by atoms with Crippen LogP contribution in [-0.4, -0.2) is 29.4 Å². The van der Waals surface area contributed by atoms with Crippen molar-refractivity contribution >= 4 is 23.4 Å². The molecule has 16 heavy (non-hydrogen) atoms. The van der Waals surface area contributed by atoms with Gasteiger partial charge in [-0.15, -0.1) is 11.8 Å². The zero-order chi connectivity index (χ0) is 11.9. The number of carboxylic acid groups (broad SMARTS) is 1. The van der Waals surface area contributed by atoms with Crippen LogP contribution in [0.3, 0.4) is 0 Å². The van der Waals surface area contributed by atoms with Gasteiger partial charge in [-0.1, -0.05) is 0 Å². The molecule has 1 aliphatic rings. The minimum absolute atomic E-state index is 0.156. The Balaban J connectivity index is 2.44. The van der Waals surface area contributed by atoms with Crippen molar-refractivity contribution in [2.45, 2.75) is 23.1 Å². The molecule has 1 aromatic carbocycles. The van der Waals surface area contributed by atoms with Crippen LogP contribution in [0.1, 0.15) is 6.92 Å². The van der Waals surface area contributed by atoms with Gasteiger partial charge in [-0.05, 0) is 25.1 Å². The summed E-state index contributed by atoms with van der Waals surface area (Å²) in [5, 5.41) is 8.57. The minimum atomic E-state index is -0.834. The second kappa shape index (κ2) is 3.97. The number of anilines is 1. The molecule has 0 radical (unpaired) electrons. The first-order chi connectivity index (χ1) is 7.50. The SMILES string of the molecule is CC1C(C(=O)O)Sc2ccc(F)cc2N1C. The number of rotatable bonds is 1. The molecule has 3 nitrogen and oxygen atoms in total. The summed E-state index contributed by atoms with van der Waals surface area (Å²) in [5.41, 5.74) is 0.759. The van der Waals surface area contributed by atoms with E-state index in [9.17, 15) is 9.18 Å². The predicted octanol–water partition coefficient (Wildman–Crippen LogP) is 2.21. The highest BCUT2D eigenvalue weighted by Crippen LogP contribution is 2.41. The molecule has 1 aliphatic heterocycles. The molecule has 0 saturated heterocycles. The van der Waals surface area contributed by atoms with E-state index >= 15 is 0 Å². The van der Waals surface area contributed by atoms with Crippen LogP contribution >= 0.6 is 11.8 Å². The maximum atomic E-state index is 13.1. The predicted molar refractivity (Wildman–Crippen MR) is 61.5 cm³/mol. The number of aliphatic carboxylic acids is 1. The van der Waals surface area contributed by atoms with Crippen molar-refractivity contribution in [2.24, 2.45) is 0 Å². The van der Waals surface area contributed by atoms with E-state index in [0.29, 0.717) is 0 Å². The summed E-state index contributed by atoms with van der Waals surface area (Å²) in [6, 6.07) is 4.27. The Morgan fingerprint density at radius 3 is 2.88 bits per heavy atom. The normalized spacial score (nSPS) is 24.1. The topological polar surface area (TPSA) is 40.5 Å². The zero-order valence-electron chi connectivity index (χ0n) is 8.98. The van der Waals surface area contributed by atoms with Gasteiger partial charge in [0.2, 0.25) is 0 Å². The summed E-state index contributed by atoms with van der Waals surface area (Å²) < 4.78 is 13.1. The number of thioether (sulfide) groups is 1. The molecule has 5 heteroatoms.